The normalized spacial score (nSPS) is 23.6. The minimum atomic E-state index is 0.822. The van der Waals surface area contributed by atoms with Gasteiger partial charge in [0.1, 0.15) is 0 Å². The fourth-order valence-electron chi connectivity index (χ4n) is 0.721. The maximum Gasteiger partial charge on any atom is 0.0608 e. The number of nitrogens with zero attached hydrogens (tertiary/aromatic N) is 1. The van der Waals surface area contributed by atoms with Crippen LogP contribution in [0.2, 0.25) is 0 Å². The van der Waals surface area contributed by atoms with E-state index in [-0.39, 0.29) is 0 Å². The minimum Gasteiger partial charge on any atom is -0.379 e. The smallest absolute Gasteiger partial charge is 0.0608 e. The second-order valence-corrected chi connectivity index (χ2v) is 1.76. The Morgan fingerprint density at radius 2 is 2.00 bits per heavy atom. The second-order valence-electron chi connectivity index (χ2n) is 1.76. The number of nitrogens with one attached hydrogen (secondary N) is 1. The van der Waals surface area contributed by atoms with E-state index in [1.807, 2.05) is 5.01 Å². The summed E-state index contributed by atoms with van der Waals surface area (Å²) in [5, 5.41) is 2.03. The third kappa shape index (κ3) is 1.43. The predicted molar refractivity (Wildman–Crippen MR) is 30.9 cm³/mol. The van der Waals surface area contributed by atoms with Crippen LogP contribution in [0.25, 0.3) is 0 Å². The fraction of sp³-hybridized carbons (Fsp3) is 0.800. The van der Waals surface area contributed by atoms with Crippen molar-refractivity contribution in [3.8, 4) is 0 Å². The van der Waals surface area contributed by atoms with Gasteiger partial charge in [0, 0.05) is 20.1 Å². The second kappa shape index (κ2) is 3.02. The lowest BCUT2D eigenvalue weighted by Gasteiger charge is -2.24. The SMILES string of the molecule is [CH2]NN1CCOCC1. The van der Waals surface area contributed by atoms with E-state index in [0.717, 1.165) is 26.3 Å². The van der Waals surface area contributed by atoms with Gasteiger partial charge in [0.2, 0.25) is 0 Å². The van der Waals surface area contributed by atoms with E-state index in [9.17, 15) is 0 Å². The Labute approximate surface area is 49.6 Å². The van der Waals surface area contributed by atoms with Gasteiger partial charge in [0.05, 0.1) is 13.2 Å². The van der Waals surface area contributed by atoms with Crippen LogP contribution in [0, 0.1) is 7.05 Å². The van der Waals surface area contributed by atoms with E-state index < -0.39 is 0 Å². The first-order chi connectivity index (χ1) is 3.93. The van der Waals surface area contributed by atoms with Crippen LogP contribution in [0.3, 0.4) is 0 Å². The molecule has 1 N–H and O–H groups in total. The summed E-state index contributed by atoms with van der Waals surface area (Å²) in [7, 11) is 3.53. The number of hydrogen-bond donors (Lipinski definition) is 1. The number of hydrogen-bond acceptors (Lipinski definition) is 3. The van der Waals surface area contributed by atoms with Crippen LogP contribution in [-0.2, 0) is 4.74 Å². The van der Waals surface area contributed by atoms with Gasteiger partial charge in [-0.15, -0.1) is 0 Å². The molecule has 0 saturated carbocycles. The van der Waals surface area contributed by atoms with Crippen molar-refractivity contribution in [1.29, 1.82) is 0 Å². The molecule has 0 aromatic rings. The molecule has 0 aromatic heterocycles. The Bertz CT molecular complexity index is 61.4. The molecule has 1 radical (unpaired) electrons. The lowest BCUT2D eigenvalue weighted by Crippen LogP contribution is -2.42. The molecule has 0 spiro atoms. The molecular weight excluding hydrogens is 104 g/mol. The summed E-state index contributed by atoms with van der Waals surface area (Å²) in [6, 6.07) is 0. The maximum atomic E-state index is 5.09. The fourth-order valence-corrected chi connectivity index (χ4v) is 0.721. The molecular formula is C5H11N2O. The van der Waals surface area contributed by atoms with E-state index >= 15 is 0 Å². The molecule has 1 aliphatic heterocycles. The Morgan fingerprint density at radius 3 is 2.38 bits per heavy atom. The molecule has 0 amide bonds. The van der Waals surface area contributed by atoms with E-state index in [0.29, 0.717) is 0 Å². The van der Waals surface area contributed by atoms with Crippen molar-refractivity contribution in [1.82, 2.24) is 10.4 Å². The van der Waals surface area contributed by atoms with Crippen molar-refractivity contribution < 1.29 is 4.74 Å². The molecule has 0 atom stereocenters. The van der Waals surface area contributed by atoms with Gasteiger partial charge < -0.3 is 4.74 Å². The Kier molecular flexibility index (Phi) is 2.27. The zero-order valence-corrected chi connectivity index (χ0v) is 4.89. The average molecular weight is 115 g/mol. The highest BCUT2D eigenvalue weighted by molar-refractivity contribution is 4.55. The number of hydrazine groups is 1. The van der Waals surface area contributed by atoms with Gasteiger partial charge in [0.15, 0.2) is 0 Å². The van der Waals surface area contributed by atoms with Crippen LogP contribution in [-0.4, -0.2) is 31.3 Å². The lowest BCUT2D eigenvalue weighted by molar-refractivity contribution is 0.0204. The first-order valence-electron chi connectivity index (χ1n) is 2.79. The molecule has 0 unspecified atom stereocenters. The summed E-state index contributed by atoms with van der Waals surface area (Å²) in [6.07, 6.45) is 0. The first-order valence-corrected chi connectivity index (χ1v) is 2.79. The molecule has 3 heteroatoms. The van der Waals surface area contributed by atoms with Crippen LogP contribution in [0.5, 0.6) is 0 Å². The molecule has 1 aliphatic rings. The van der Waals surface area contributed by atoms with Gasteiger partial charge in [-0.1, -0.05) is 0 Å². The molecule has 47 valence electrons. The van der Waals surface area contributed by atoms with Crippen molar-refractivity contribution in [2.24, 2.45) is 0 Å². The summed E-state index contributed by atoms with van der Waals surface area (Å²) in [5.41, 5.74) is 2.81. The molecule has 0 aliphatic carbocycles. The number of morpholine rings is 1. The van der Waals surface area contributed by atoms with Crippen LogP contribution < -0.4 is 5.43 Å². The topological polar surface area (TPSA) is 24.5 Å². The monoisotopic (exact) mass is 115 g/mol. The van der Waals surface area contributed by atoms with Crippen molar-refractivity contribution in [2.45, 2.75) is 0 Å². The molecule has 1 rings (SSSR count). The number of rotatable bonds is 1. The molecule has 1 fully saturated rings. The zero-order valence-electron chi connectivity index (χ0n) is 4.89. The van der Waals surface area contributed by atoms with E-state index in [4.69, 9.17) is 4.74 Å². The number of ether oxygens (including phenoxy) is 1. The Balaban J connectivity index is 2.13. The van der Waals surface area contributed by atoms with Crippen molar-refractivity contribution >= 4 is 0 Å². The third-order valence-corrected chi connectivity index (χ3v) is 1.23. The highest BCUT2D eigenvalue weighted by Crippen LogP contribution is 1.89. The molecule has 8 heavy (non-hydrogen) atoms. The molecule has 3 nitrogen and oxygen atoms in total. The quantitative estimate of drug-likeness (QED) is 0.504. The Hall–Kier alpha value is -0.120. The van der Waals surface area contributed by atoms with Gasteiger partial charge >= 0.3 is 0 Å². The van der Waals surface area contributed by atoms with Crippen molar-refractivity contribution in [3.63, 3.8) is 0 Å². The van der Waals surface area contributed by atoms with Crippen LogP contribution in [0.4, 0.5) is 0 Å². The molecule has 1 saturated heterocycles. The predicted octanol–water partition coefficient (Wildman–Crippen LogP) is -0.385. The Morgan fingerprint density at radius 1 is 1.38 bits per heavy atom. The van der Waals surface area contributed by atoms with Gasteiger partial charge in [0.25, 0.3) is 0 Å². The summed E-state index contributed by atoms with van der Waals surface area (Å²) in [5.74, 6) is 0. The van der Waals surface area contributed by atoms with E-state index in [2.05, 4.69) is 12.5 Å². The van der Waals surface area contributed by atoms with Crippen LogP contribution >= 0.6 is 0 Å². The summed E-state index contributed by atoms with van der Waals surface area (Å²) >= 11 is 0. The van der Waals surface area contributed by atoms with Gasteiger partial charge in [-0.25, -0.2) is 5.01 Å². The maximum absolute atomic E-state index is 5.09. The molecule has 0 bridgehead atoms. The molecule has 0 aromatic carbocycles. The minimum absolute atomic E-state index is 0.822. The standard InChI is InChI=1S/C5H11N2O/c1-6-7-2-4-8-5-3-7/h6H,1-5H2. The first kappa shape index (κ1) is 6.01. The summed E-state index contributed by atoms with van der Waals surface area (Å²) in [6.45, 7) is 3.54. The lowest BCUT2D eigenvalue weighted by atomic mass is 10.5. The van der Waals surface area contributed by atoms with Gasteiger partial charge in [-0.2, -0.15) is 0 Å². The summed E-state index contributed by atoms with van der Waals surface area (Å²) in [4.78, 5) is 0. The van der Waals surface area contributed by atoms with Crippen molar-refractivity contribution in [2.75, 3.05) is 26.3 Å². The van der Waals surface area contributed by atoms with E-state index in [1.165, 1.54) is 0 Å². The zero-order chi connectivity index (χ0) is 5.82. The highest BCUT2D eigenvalue weighted by atomic mass is 16.5. The van der Waals surface area contributed by atoms with Gasteiger partial charge in [-0.3, -0.25) is 5.43 Å². The molecule has 1 heterocycles. The van der Waals surface area contributed by atoms with Crippen molar-refractivity contribution in [3.05, 3.63) is 7.05 Å². The van der Waals surface area contributed by atoms with Gasteiger partial charge in [-0.05, 0) is 0 Å². The summed E-state index contributed by atoms with van der Waals surface area (Å²) < 4.78 is 5.09. The van der Waals surface area contributed by atoms with E-state index in [1.54, 1.807) is 0 Å². The highest BCUT2D eigenvalue weighted by Gasteiger charge is 2.05. The van der Waals surface area contributed by atoms with Crippen LogP contribution in [0.15, 0.2) is 0 Å². The average Bonchev–Trinajstić information content (AvgIpc) is 1.90. The largest absolute Gasteiger partial charge is 0.379 e. The van der Waals surface area contributed by atoms with Crippen LogP contribution in [0.1, 0.15) is 0 Å². The third-order valence-electron chi connectivity index (χ3n) is 1.23.